The van der Waals surface area contributed by atoms with Crippen molar-refractivity contribution in [3.63, 3.8) is 0 Å². The van der Waals surface area contributed by atoms with Gasteiger partial charge in [-0.1, -0.05) is 0 Å². The smallest absolute Gasteiger partial charge is 0.407 e. The van der Waals surface area contributed by atoms with Crippen LogP contribution < -0.4 is 15.4 Å². The van der Waals surface area contributed by atoms with Gasteiger partial charge in [0.1, 0.15) is 5.60 Å². The molecule has 0 radical (unpaired) electrons. The first-order valence-corrected chi connectivity index (χ1v) is 8.87. The lowest BCUT2D eigenvalue weighted by atomic mass is 10.2. The van der Waals surface area contributed by atoms with Gasteiger partial charge in [-0.2, -0.15) is 0 Å². The van der Waals surface area contributed by atoms with Crippen molar-refractivity contribution in [2.45, 2.75) is 37.7 Å². The molecular weight excluding hydrogens is 318 g/mol. The van der Waals surface area contributed by atoms with Crippen molar-refractivity contribution in [2.24, 2.45) is 0 Å². The molecule has 1 rings (SSSR count). The fourth-order valence-corrected chi connectivity index (χ4v) is 2.43. The zero-order valence-electron chi connectivity index (χ0n) is 14.0. The third-order valence-corrected chi connectivity index (χ3v) is 4.21. The molecule has 0 fully saturated rings. The summed E-state index contributed by atoms with van der Waals surface area (Å²) < 4.78 is 30.6. The van der Waals surface area contributed by atoms with Gasteiger partial charge in [0.05, 0.1) is 4.90 Å². The van der Waals surface area contributed by atoms with Crippen LogP contribution in [0.15, 0.2) is 29.2 Å². The maximum absolute atomic E-state index is 11.6. The molecule has 1 aromatic carbocycles. The van der Waals surface area contributed by atoms with Crippen LogP contribution in [0, 0.1) is 0 Å². The van der Waals surface area contributed by atoms with E-state index in [-0.39, 0.29) is 4.90 Å². The number of hydrogen-bond acceptors (Lipinski definition) is 5. The standard InChI is InChI=1S/C15H25N3O4S/c1-15(2,3)22-14(19)18-11-5-10-17-12-6-8-13(9-7-12)23(20,21)16-4/h6-9,16-17H,5,10-11H2,1-4H3,(H,18,19). The lowest BCUT2D eigenvalue weighted by Gasteiger charge is -2.19. The first-order chi connectivity index (χ1) is 10.6. The van der Waals surface area contributed by atoms with Crippen LogP contribution in [0.25, 0.3) is 0 Å². The Morgan fingerprint density at radius 3 is 2.26 bits per heavy atom. The molecule has 1 amide bonds. The van der Waals surface area contributed by atoms with Gasteiger partial charge >= 0.3 is 6.09 Å². The average molecular weight is 343 g/mol. The van der Waals surface area contributed by atoms with Gasteiger partial charge in [0, 0.05) is 18.8 Å². The zero-order chi connectivity index (χ0) is 17.5. The Kier molecular flexibility index (Phi) is 6.83. The molecule has 0 aliphatic heterocycles. The van der Waals surface area contributed by atoms with Gasteiger partial charge in [0.2, 0.25) is 10.0 Å². The van der Waals surface area contributed by atoms with Crippen LogP contribution in [0.5, 0.6) is 0 Å². The minimum Gasteiger partial charge on any atom is -0.444 e. The molecule has 0 saturated carbocycles. The van der Waals surface area contributed by atoms with E-state index in [1.165, 1.54) is 19.2 Å². The maximum Gasteiger partial charge on any atom is 0.407 e. The van der Waals surface area contributed by atoms with Crippen LogP contribution in [-0.2, 0) is 14.8 Å². The third kappa shape index (κ3) is 7.34. The third-order valence-electron chi connectivity index (χ3n) is 2.78. The van der Waals surface area contributed by atoms with E-state index >= 15 is 0 Å². The molecule has 3 N–H and O–H groups in total. The second-order valence-corrected chi connectivity index (χ2v) is 7.83. The molecule has 0 atom stereocenters. The Bertz CT molecular complexity index is 607. The lowest BCUT2D eigenvalue weighted by Crippen LogP contribution is -2.33. The number of alkyl carbamates (subject to hydrolysis) is 1. The van der Waals surface area contributed by atoms with E-state index in [2.05, 4.69) is 15.4 Å². The molecule has 8 heteroatoms. The summed E-state index contributed by atoms with van der Waals surface area (Å²) in [6.07, 6.45) is 0.287. The predicted molar refractivity (Wildman–Crippen MR) is 90.0 cm³/mol. The summed E-state index contributed by atoms with van der Waals surface area (Å²) in [5.74, 6) is 0. The van der Waals surface area contributed by atoms with Crippen LogP contribution in [0.2, 0.25) is 0 Å². The van der Waals surface area contributed by atoms with Crippen molar-refractivity contribution in [3.05, 3.63) is 24.3 Å². The van der Waals surface area contributed by atoms with E-state index in [1.54, 1.807) is 12.1 Å². The monoisotopic (exact) mass is 343 g/mol. The number of anilines is 1. The highest BCUT2D eigenvalue weighted by molar-refractivity contribution is 7.89. The summed E-state index contributed by atoms with van der Waals surface area (Å²) in [7, 11) is -2.03. The number of nitrogens with one attached hydrogen (secondary N) is 3. The van der Waals surface area contributed by atoms with Gasteiger partial charge in [-0.3, -0.25) is 0 Å². The van der Waals surface area contributed by atoms with E-state index < -0.39 is 21.7 Å². The number of rotatable bonds is 7. The molecule has 0 saturated heterocycles. The number of benzene rings is 1. The predicted octanol–water partition coefficient (Wildman–Crippen LogP) is 1.92. The zero-order valence-corrected chi connectivity index (χ0v) is 14.8. The van der Waals surface area contributed by atoms with Gasteiger partial charge < -0.3 is 15.4 Å². The number of carbonyl (C=O) groups is 1. The van der Waals surface area contributed by atoms with Crippen LogP contribution >= 0.6 is 0 Å². The summed E-state index contributed by atoms with van der Waals surface area (Å²) in [5.41, 5.74) is 0.315. The SMILES string of the molecule is CNS(=O)(=O)c1ccc(NCCCNC(=O)OC(C)(C)C)cc1. The molecule has 0 unspecified atom stereocenters. The normalized spacial score (nSPS) is 11.8. The lowest BCUT2D eigenvalue weighted by molar-refractivity contribution is 0.0528. The van der Waals surface area contributed by atoms with E-state index in [0.717, 1.165) is 12.1 Å². The molecule has 0 bridgehead atoms. The van der Waals surface area contributed by atoms with Gasteiger partial charge in [-0.25, -0.2) is 17.9 Å². The molecule has 23 heavy (non-hydrogen) atoms. The van der Waals surface area contributed by atoms with Gasteiger partial charge in [0.15, 0.2) is 0 Å². The first-order valence-electron chi connectivity index (χ1n) is 7.38. The number of ether oxygens (including phenoxy) is 1. The molecule has 0 spiro atoms. The quantitative estimate of drug-likeness (QED) is 0.657. The minimum atomic E-state index is -3.41. The highest BCUT2D eigenvalue weighted by atomic mass is 32.2. The molecule has 130 valence electrons. The van der Waals surface area contributed by atoms with Gasteiger partial charge in [0.25, 0.3) is 0 Å². The van der Waals surface area contributed by atoms with Crippen molar-refractivity contribution < 1.29 is 17.9 Å². The van der Waals surface area contributed by atoms with Gasteiger partial charge in [-0.05, 0) is 58.5 Å². The molecule has 0 aliphatic carbocycles. The number of amides is 1. The Morgan fingerprint density at radius 2 is 1.74 bits per heavy atom. The molecule has 7 nitrogen and oxygen atoms in total. The van der Waals surface area contributed by atoms with Crippen LogP contribution in [-0.4, -0.2) is 40.2 Å². The molecule has 0 aliphatic rings. The summed E-state index contributed by atoms with van der Waals surface area (Å²) in [4.78, 5) is 11.7. The Hall–Kier alpha value is -1.80. The topological polar surface area (TPSA) is 96.5 Å². The number of hydrogen-bond donors (Lipinski definition) is 3. The van der Waals surface area contributed by atoms with E-state index in [4.69, 9.17) is 4.74 Å². The van der Waals surface area contributed by atoms with Crippen LogP contribution in [0.3, 0.4) is 0 Å². The largest absolute Gasteiger partial charge is 0.444 e. The maximum atomic E-state index is 11.6. The highest BCUT2D eigenvalue weighted by Crippen LogP contribution is 2.13. The van der Waals surface area contributed by atoms with Crippen LogP contribution in [0.4, 0.5) is 10.5 Å². The minimum absolute atomic E-state index is 0.220. The van der Waals surface area contributed by atoms with E-state index in [9.17, 15) is 13.2 Å². The van der Waals surface area contributed by atoms with Crippen molar-refractivity contribution in [2.75, 3.05) is 25.5 Å². The van der Waals surface area contributed by atoms with Crippen LogP contribution in [0.1, 0.15) is 27.2 Å². The molecule has 0 aromatic heterocycles. The summed E-state index contributed by atoms with van der Waals surface area (Å²) in [5, 5.41) is 5.83. The Morgan fingerprint density at radius 1 is 1.13 bits per heavy atom. The van der Waals surface area contributed by atoms with E-state index in [0.29, 0.717) is 13.1 Å². The fraction of sp³-hybridized carbons (Fsp3) is 0.533. The van der Waals surface area contributed by atoms with Crippen molar-refractivity contribution >= 4 is 21.8 Å². The van der Waals surface area contributed by atoms with Crippen molar-refractivity contribution in [1.82, 2.24) is 10.0 Å². The fourth-order valence-electron chi connectivity index (χ4n) is 1.70. The number of sulfonamides is 1. The first kappa shape index (κ1) is 19.2. The average Bonchev–Trinajstić information content (AvgIpc) is 2.45. The Balaban J connectivity index is 2.30. The molecule has 0 heterocycles. The van der Waals surface area contributed by atoms with Crippen molar-refractivity contribution in [3.8, 4) is 0 Å². The summed E-state index contributed by atoms with van der Waals surface area (Å²) in [6, 6.07) is 6.47. The molecular formula is C15H25N3O4S. The second-order valence-electron chi connectivity index (χ2n) is 5.94. The highest BCUT2D eigenvalue weighted by Gasteiger charge is 2.15. The second kappa shape index (κ2) is 8.16. The molecule has 1 aromatic rings. The van der Waals surface area contributed by atoms with Gasteiger partial charge in [-0.15, -0.1) is 0 Å². The van der Waals surface area contributed by atoms with Crippen molar-refractivity contribution in [1.29, 1.82) is 0 Å². The Labute approximate surface area is 137 Å². The summed E-state index contributed by atoms with van der Waals surface area (Å²) >= 11 is 0. The number of carbonyl (C=O) groups excluding carboxylic acids is 1. The summed E-state index contributed by atoms with van der Waals surface area (Å²) in [6.45, 7) is 6.58. The van der Waals surface area contributed by atoms with E-state index in [1.807, 2.05) is 20.8 Å².